The zero-order chi connectivity index (χ0) is 24.4. The number of hydrogen-bond donors (Lipinski definition) is 1. The van der Waals surface area contributed by atoms with E-state index >= 15 is 0 Å². The number of fused-ring (bicyclic) bond motifs is 1. The number of carbonyl (C=O) groups is 2. The molecule has 1 amide bonds. The largest absolute Gasteiger partial charge is 0.497 e. The number of rotatable bonds is 6. The Bertz CT molecular complexity index is 1490. The molecule has 1 N–H and O–H groups in total. The van der Waals surface area contributed by atoms with E-state index in [-0.39, 0.29) is 23.4 Å². The molecule has 4 aromatic rings. The Labute approximate surface area is 201 Å². The number of anilines is 1. The van der Waals surface area contributed by atoms with Crippen LogP contribution >= 0.6 is 11.6 Å². The highest BCUT2D eigenvalue weighted by molar-refractivity contribution is 6.31. The zero-order valence-electron chi connectivity index (χ0n) is 18.9. The van der Waals surface area contributed by atoms with Crippen molar-refractivity contribution in [3.63, 3.8) is 0 Å². The van der Waals surface area contributed by atoms with Gasteiger partial charge in [0.2, 0.25) is 11.3 Å². The molecule has 4 rings (SSSR count). The van der Waals surface area contributed by atoms with Crippen molar-refractivity contribution in [3.05, 3.63) is 98.4 Å². The van der Waals surface area contributed by atoms with Crippen LogP contribution in [0.3, 0.4) is 0 Å². The van der Waals surface area contributed by atoms with Crippen LogP contribution in [-0.2, 0) is 11.3 Å². The fraction of sp³-hybridized carbons (Fsp3) is 0.154. The highest BCUT2D eigenvalue weighted by atomic mass is 35.5. The van der Waals surface area contributed by atoms with Gasteiger partial charge in [-0.1, -0.05) is 29.8 Å². The number of ketones is 1. The summed E-state index contributed by atoms with van der Waals surface area (Å²) in [5.41, 5.74) is 2.24. The number of carbonyl (C=O) groups excluding carboxylic acids is 2. The van der Waals surface area contributed by atoms with Crippen molar-refractivity contribution in [2.75, 3.05) is 12.4 Å². The van der Waals surface area contributed by atoms with Crippen LogP contribution in [0.5, 0.6) is 5.75 Å². The summed E-state index contributed by atoms with van der Waals surface area (Å²) in [6.07, 6.45) is 1.39. The first-order chi connectivity index (χ1) is 16.3. The van der Waals surface area contributed by atoms with Crippen molar-refractivity contribution >= 4 is 40.0 Å². The van der Waals surface area contributed by atoms with E-state index in [4.69, 9.17) is 16.3 Å². The van der Waals surface area contributed by atoms with Gasteiger partial charge in [-0.25, -0.2) is 4.98 Å². The summed E-state index contributed by atoms with van der Waals surface area (Å²) in [5.74, 6) is -0.315. The van der Waals surface area contributed by atoms with Crippen LogP contribution in [0.25, 0.3) is 11.0 Å². The lowest BCUT2D eigenvalue weighted by atomic mass is 10.0. The van der Waals surface area contributed by atoms with Gasteiger partial charge in [0.15, 0.2) is 5.78 Å². The van der Waals surface area contributed by atoms with Gasteiger partial charge in [0.25, 0.3) is 0 Å². The first-order valence-electron chi connectivity index (χ1n) is 10.5. The SMILES string of the molecule is COc1cccc(C(=O)c2cn(CC(=O)Nc3cc(Cl)ccc3C)c3nc(C)ccc3c2=O)c1. The van der Waals surface area contributed by atoms with E-state index < -0.39 is 11.2 Å². The molecule has 2 heterocycles. The molecular formula is C26H22ClN3O4. The quantitative estimate of drug-likeness (QED) is 0.413. The third-order valence-corrected chi connectivity index (χ3v) is 5.66. The molecule has 2 aromatic carbocycles. The number of benzene rings is 2. The Morgan fingerprint density at radius 2 is 1.88 bits per heavy atom. The molecule has 0 unspecified atom stereocenters. The smallest absolute Gasteiger partial charge is 0.244 e. The van der Waals surface area contributed by atoms with Crippen LogP contribution in [0.4, 0.5) is 5.69 Å². The predicted octanol–water partition coefficient (Wildman–Crippen LogP) is 4.55. The highest BCUT2D eigenvalue weighted by Gasteiger charge is 2.19. The first-order valence-corrected chi connectivity index (χ1v) is 10.9. The minimum Gasteiger partial charge on any atom is -0.497 e. The van der Waals surface area contributed by atoms with Crippen molar-refractivity contribution in [1.29, 1.82) is 0 Å². The van der Waals surface area contributed by atoms with E-state index in [0.717, 1.165) is 5.56 Å². The summed E-state index contributed by atoms with van der Waals surface area (Å²) < 4.78 is 6.72. The van der Waals surface area contributed by atoms with E-state index in [0.29, 0.717) is 33.4 Å². The fourth-order valence-electron chi connectivity index (χ4n) is 3.64. The third-order valence-electron chi connectivity index (χ3n) is 5.42. The normalized spacial score (nSPS) is 10.8. The lowest BCUT2D eigenvalue weighted by Gasteiger charge is -2.14. The number of pyridine rings is 2. The van der Waals surface area contributed by atoms with Gasteiger partial charge in [0.1, 0.15) is 17.9 Å². The van der Waals surface area contributed by atoms with E-state index in [1.165, 1.54) is 17.9 Å². The van der Waals surface area contributed by atoms with Crippen LogP contribution in [0.2, 0.25) is 5.02 Å². The van der Waals surface area contributed by atoms with E-state index in [1.54, 1.807) is 55.5 Å². The summed E-state index contributed by atoms with van der Waals surface area (Å²) in [5, 5.41) is 3.59. The maximum Gasteiger partial charge on any atom is 0.244 e. The molecule has 2 aromatic heterocycles. The predicted molar refractivity (Wildman–Crippen MR) is 132 cm³/mol. The number of aryl methyl sites for hydroxylation is 2. The molecular weight excluding hydrogens is 454 g/mol. The topological polar surface area (TPSA) is 90.3 Å². The molecule has 172 valence electrons. The van der Waals surface area contributed by atoms with Gasteiger partial charge in [-0.05, 0) is 55.8 Å². The second kappa shape index (κ2) is 9.49. The Morgan fingerprint density at radius 1 is 1.09 bits per heavy atom. The van der Waals surface area contributed by atoms with Crippen LogP contribution in [0.1, 0.15) is 27.2 Å². The molecule has 0 saturated heterocycles. The number of nitrogens with one attached hydrogen (secondary N) is 1. The number of hydrogen-bond acceptors (Lipinski definition) is 5. The van der Waals surface area contributed by atoms with Crippen LogP contribution in [0, 0.1) is 13.8 Å². The number of methoxy groups -OCH3 is 1. The molecule has 0 fully saturated rings. The van der Waals surface area contributed by atoms with Gasteiger partial charge in [-0.15, -0.1) is 0 Å². The maximum atomic E-state index is 13.3. The van der Waals surface area contributed by atoms with Gasteiger partial charge in [0, 0.05) is 28.2 Å². The molecule has 0 atom stereocenters. The number of aromatic nitrogens is 2. The summed E-state index contributed by atoms with van der Waals surface area (Å²) >= 11 is 6.06. The van der Waals surface area contributed by atoms with Crippen LogP contribution < -0.4 is 15.5 Å². The Balaban J connectivity index is 1.77. The zero-order valence-corrected chi connectivity index (χ0v) is 19.6. The van der Waals surface area contributed by atoms with E-state index in [2.05, 4.69) is 10.3 Å². The van der Waals surface area contributed by atoms with Gasteiger partial charge >= 0.3 is 0 Å². The lowest BCUT2D eigenvalue weighted by molar-refractivity contribution is -0.116. The molecule has 0 aliphatic carbocycles. The molecule has 34 heavy (non-hydrogen) atoms. The molecule has 0 spiro atoms. The second-order valence-electron chi connectivity index (χ2n) is 7.89. The first kappa shape index (κ1) is 23.2. The van der Waals surface area contributed by atoms with E-state index in [9.17, 15) is 14.4 Å². The monoisotopic (exact) mass is 475 g/mol. The summed E-state index contributed by atoms with van der Waals surface area (Å²) in [7, 11) is 1.50. The molecule has 0 saturated carbocycles. The summed E-state index contributed by atoms with van der Waals surface area (Å²) in [4.78, 5) is 43.8. The van der Waals surface area contributed by atoms with E-state index in [1.807, 2.05) is 13.0 Å². The van der Waals surface area contributed by atoms with Gasteiger partial charge in [-0.3, -0.25) is 14.4 Å². The third kappa shape index (κ3) is 4.70. The minimum absolute atomic E-state index is 0.0573. The molecule has 0 aliphatic rings. The Hall–Kier alpha value is -3.97. The summed E-state index contributed by atoms with van der Waals surface area (Å²) in [6, 6.07) is 15.1. The van der Waals surface area contributed by atoms with Gasteiger partial charge in [0.05, 0.1) is 18.1 Å². The Kier molecular flexibility index (Phi) is 6.47. The second-order valence-corrected chi connectivity index (χ2v) is 8.33. The Morgan fingerprint density at radius 3 is 2.65 bits per heavy atom. The molecule has 7 nitrogen and oxygen atoms in total. The number of amides is 1. The minimum atomic E-state index is -0.466. The van der Waals surface area contributed by atoms with Crippen molar-refractivity contribution in [1.82, 2.24) is 9.55 Å². The average molecular weight is 476 g/mol. The summed E-state index contributed by atoms with van der Waals surface area (Å²) in [6.45, 7) is 3.49. The van der Waals surface area contributed by atoms with Crippen LogP contribution in [-0.4, -0.2) is 28.4 Å². The molecule has 0 bridgehead atoms. The van der Waals surface area contributed by atoms with Crippen molar-refractivity contribution in [2.24, 2.45) is 0 Å². The highest BCUT2D eigenvalue weighted by Crippen LogP contribution is 2.21. The van der Waals surface area contributed by atoms with Crippen LogP contribution in [0.15, 0.2) is 65.6 Å². The van der Waals surface area contributed by atoms with Gasteiger partial charge in [-0.2, -0.15) is 0 Å². The van der Waals surface area contributed by atoms with Crippen molar-refractivity contribution < 1.29 is 14.3 Å². The number of ether oxygens (including phenoxy) is 1. The molecule has 0 aliphatic heterocycles. The number of halogens is 1. The maximum absolute atomic E-state index is 13.3. The molecule has 0 radical (unpaired) electrons. The fourth-order valence-corrected chi connectivity index (χ4v) is 3.81. The number of nitrogens with zero attached hydrogens (tertiary/aromatic N) is 2. The van der Waals surface area contributed by atoms with Gasteiger partial charge < -0.3 is 14.6 Å². The average Bonchev–Trinajstić information content (AvgIpc) is 2.82. The van der Waals surface area contributed by atoms with Crippen molar-refractivity contribution in [2.45, 2.75) is 20.4 Å². The standard InChI is InChI=1S/C26H22ClN3O4/c1-15-7-9-18(27)12-22(15)29-23(31)14-30-13-21(24(32)17-5-4-6-19(11-17)34-3)25(33)20-10-8-16(2)28-26(20)30/h4-13H,14H2,1-3H3,(H,29,31). The van der Waals surface area contributed by atoms with Crippen molar-refractivity contribution in [3.8, 4) is 5.75 Å². The lowest BCUT2D eigenvalue weighted by Crippen LogP contribution is -2.25. The molecule has 8 heteroatoms.